The van der Waals surface area contributed by atoms with Gasteiger partial charge in [0.2, 0.25) is 5.91 Å². The van der Waals surface area contributed by atoms with Gasteiger partial charge in [-0.3, -0.25) is 4.79 Å². The summed E-state index contributed by atoms with van der Waals surface area (Å²) in [5.41, 5.74) is 5.51. The van der Waals surface area contributed by atoms with Gasteiger partial charge in [0.1, 0.15) is 0 Å². The molecule has 1 amide bonds. The Balaban J connectivity index is 0.00000256. The van der Waals surface area contributed by atoms with Gasteiger partial charge in [0.15, 0.2) is 0 Å². The molecule has 0 aromatic carbocycles. The van der Waals surface area contributed by atoms with Gasteiger partial charge < -0.3 is 10.6 Å². The molecule has 1 aliphatic heterocycles. The number of nitrogens with zero attached hydrogens (tertiary/aromatic N) is 1. The Kier molecular flexibility index (Phi) is 7.10. The summed E-state index contributed by atoms with van der Waals surface area (Å²) < 4.78 is 0. The molecule has 1 saturated heterocycles. The summed E-state index contributed by atoms with van der Waals surface area (Å²) in [7, 11) is 0. The van der Waals surface area contributed by atoms with Crippen LogP contribution >= 0.6 is 12.4 Å². The third-order valence-corrected chi connectivity index (χ3v) is 4.27. The zero-order valence-corrected chi connectivity index (χ0v) is 12.2. The van der Waals surface area contributed by atoms with Crippen LogP contribution in [0.2, 0.25) is 0 Å². The van der Waals surface area contributed by atoms with Gasteiger partial charge in [0.25, 0.3) is 0 Å². The molecule has 1 fully saturated rings. The zero-order chi connectivity index (χ0) is 12.2. The molecule has 102 valence electrons. The molecule has 0 unspecified atom stereocenters. The minimum absolute atomic E-state index is 0. The first-order valence-electron chi connectivity index (χ1n) is 6.59. The van der Waals surface area contributed by atoms with Gasteiger partial charge in [-0.25, -0.2) is 0 Å². The van der Waals surface area contributed by atoms with Crippen LogP contribution in [0.3, 0.4) is 0 Å². The van der Waals surface area contributed by atoms with Gasteiger partial charge in [-0.1, -0.05) is 20.8 Å². The van der Waals surface area contributed by atoms with Crippen molar-refractivity contribution in [2.75, 3.05) is 19.6 Å². The van der Waals surface area contributed by atoms with Crippen LogP contribution in [0.15, 0.2) is 0 Å². The number of halogens is 1. The second kappa shape index (κ2) is 7.22. The van der Waals surface area contributed by atoms with Crippen molar-refractivity contribution in [1.82, 2.24) is 4.90 Å². The van der Waals surface area contributed by atoms with Gasteiger partial charge in [0, 0.05) is 19.6 Å². The first kappa shape index (κ1) is 16.7. The Labute approximate surface area is 112 Å². The Hall–Kier alpha value is -0.280. The van der Waals surface area contributed by atoms with Gasteiger partial charge in [-0.05, 0) is 31.6 Å². The quantitative estimate of drug-likeness (QED) is 0.846. The second-order valence-electron chi connectivity index (χ2n) is 5.17. The van der Waals surface area contributed by atoms with Crippen LogP contribution in [0.5, 0.6) is 0 Å². The van der Waals surface area contributed by atoms with E-state index in [0.717, 1.165) is 44.7 Å². The molecule has 1 heterocycles. The number of hydrogen-bond acceptors (Lipinski definition) is 2. The maximum atomic E-state index is 12.5. The molecular formula is C13H27ClN2O. The molecule has 0 atom stereocenters. The van der Waals surface area contributed by atoms with Crippen molar-refractivity contribution in [3.05, 3.63) is 0 Å². The molecule has 2 N–H and O–H groups in total. The van der Waals surface area contributed by atoms with Crippen LogP contribution in [-0.2, 0) is 4.79 Å². The van der Waals surface area contributed by atoms with E-state index in [0.29, 0.717) is 6.54 Å². The van der Waals surface area contributed by atoms with Crippen molar-refractivity contribution in [3.8, 4) is 0 Å². The molecule has 3 nitrogen and oxygen atoms in total. The number of rotatable bonds is 4. The molecule has 0 aromatic heterocycles. The average molecular weight is 263 g/mol. The lowest BCUT2D eigenvalue weighted by Crippen LogP contribution is -2.49. The first-order valence-corrected chi connectivity index (χ1v) is 6.59. The molecule has 0 bridgehead atoms. The molecule has 4 heteroatoms. The van der Waals surface area contributed by atoms with Gasteiger partial charge in [-0.15, -0.1) is 12.4 Å². The minimum Gasteiger partial charge on any atom is -0.342 e. The number of piperidine rings is 1. The van der Waals surface area contributed by atoms with E-state index in [1.54, 1.807) is 0 Å². The first-order chi connectivity index (χ1) is 7.59. The topological polar surface area (TPSA) is 46.3 Å². The lowest BCUT2D eigenvalue weighted by atomic mass is 9.80. The average Bonchev–Trinajstić information content (AvgIpc) is 2.33. The highest BCUT2D eigenvalue weighted by molar-refractivity contribution is 5.85. The van der Waals surface area contributed by atoms with Crippen LogP contribution in [0.1, 0.15) is 46.5 Å². The summed E-state index contributed by atoms with van der Waals surface area (Å²) in [6.07, 6.45) is 3.98. The van der Waals surface area contributed by atoms with Gasteiger partial charge in [0.05, 0.1) is 5.41 Å². The summed E-state index contributed by atoms with van der Waals surface area (Å²) in [5.74, 6) is 1.05. The van der Waals surface area contributed by atoms with Crippen molar-refractivity contribution in [2.45, 2.75) is 46.5 Å². The highest BCUT2D eigenvalue weighted by Gasteiger charge is 2.37. The summed E-state index contributed by atoms with van der Waals surface area (Å²) in [4.78, 5) is 14.5. The lowest BCUT2D eigenvalue weighted by molar-refractivity contribution is -0.143. The molecule has 1 aliphatic rings. The predicted molar refractivity (Wildman–Crippen MR) is 74.3 cm³/mol. The maximum absolute atomic E-state index is 12.5. The van der Waals surface area contributed by atoms with Crippen molar-refractivity contribution < 1.29 is 4.79 Å². The Morgan fingerprint density at radius 3 is 2.12 bits per heavy atom. The lowest BCUT2D eigenvalue weighted by Gasteiger charge is -2.38. The normalized spacial score (nSPS) is 17.8. The SMILES string of the molecule is CCC(CC)(CN)C(=O)N1CCC(C)CC1.Cl. The van der Waals surface area contributed by atoms with Crippen molar-refractivity contribution in [1.29, 1.82) is 0 Å². The fourth-order valence-corrected chi connectivity index (χ4v) is 2.48. The molecule has 0 aromatic rings. The highest BCUT2D eigenvalue weighted by Crippen LogP contribution is 2.29. The highest BCUT2D eigenvalue weighted by atomic mass is 35.5. The van der Waals surface area contributed by atoms with E-state index in [2.05, 4.69) is 20.8 Å². The van der Waals surface area contributed by atoms with E-state index in [4.69, 9.17) is 5.73 Å². The predicted octanol–water partition coefficient (Wildman–Crippen LogP) is 2.43. The van der Waals surface area contributed by atoms with E-state index in [9.17, 15) is 4.79 Å². The summed E-state index contributed by atoms with van der Waals surface area (Å²) in [5, 5.41) is 0. The van der Waals surface area contributed by atoms with Crippen LogP contribution < -0.4 is 5.73 Å². The molecule has 1 rings (SSSR count). The van der Waals surface area contributed by atoms with Crippen LogP contribution in [0, 0.1) is 11.3 Å². The molecule has 17 heavy (non-hydrogen) atoms. The fourth-order valence-electron chi connectivity index (χ4n) is 2.48. The van der Waals surface area contributed by atoms with Gasteiger partial charge >= 0.3 is 0 Å². The standard InChI is InChI=1S/C13H26N2O.ClH/c1-4-13(5-2,10-14)12(16)15-8-6-11(3)7-9-15;/h11H,4-10,14H2,1-3H3;1H. The summed E-state index contributed by atoms with van der Waals surface area (Å²) in [6.45, 7) is 8.72. The monoisotopic (exact) mass is 262 g/mol. The maximum Gasteiger partial charge on any atom is 0.230 e. The molecular weight excluding hydrogens is 236 g/mol. The van der Waals surface area contributed by atoms with E-state index in [1.165, 1.54) is 0 Å². The number of amides is 1. The minimum atomic E-state index is -0.305. The second-order valence-corrected chi connectivity index (χ2v) is 5.17. The van der Waals surface area contributed by atoms with Crippen molar-refractivity contribution in [2.24, 2.45) is 17.1 Å². The molecule has 0 aliphatic carbocycles. The van der Waals surface area contributed by atoms with Gasteiger partial charge in [-0.2, -0.15) is 0 Å². The van der Waals surface area contributed by atoms with Crippen molar-refractivity contribution in [3.63, 3.8) is 0 Å². The van der Waals surface area contributed by atoms with Crippen LogP contribution in [0.4, 0.5) is 0 Å². The summed E-state index contributed by atoms with van der Waals surface area (Å²) in [6, 6.07) is 0. The third kappa shape index (κ3) is 3.59. The number of carbonyl (C=O) groups is 1. The van der Waals surface area contributed by atoms with Crippen molar-refractivity contribution >= 4 is 18.3 Å². The van der Waals surface area contributed by atoms with E-state index < -0.39 is 0 Å². The third-order valence-electron chi connectivity index (χ3n) is 4.27. The van der Waals surface area contributed by atoms with E-state index in [1.807, 2.05) is 4.90 Å². The molecule has 0 saturated carbocycles. The zero-order valence-electron chi connectivity index (χ0n) is 11.4. The van der Waals surface area contributed by atoms with Crippen LogP contribution in [0.25, 0.3) is 0 Å². The number of hydrogen-bond donors (Lipinski definition) is 1. The summed E-state index contributed by atoms with van der Waals surface area (Å²) >= 11 is 0. The van der Waals surface area contributed by atoms with Crippen LogP contribution in [-0.4, -0.2) is 30.4 Å². The molecule has 0 spiro atoms. The Morgan fingerprint density at radius 2 is 1.76 bits per heavy atom. The Morgan fingerprint density at radius 1 is 1.29 bits per heavy atom. The number of nitrogens with two attached hydrogens (primary N) is 1. The fraction of sp³-hybridized carbons (Fsp3) is 0.923. The molecule has 0 radical (unpaired) electrons. The van der Waals surface area contributed by atoms with E-state index in [-0.39, 0.29) is 23.7 Å². The smallest absolute Gasteiger partial charge is 0.230 e. The largest absolute Gasteiger partial charge is 0.342 e. The Bertz CT molecular complexity index is 225. The number of carbonyl (C=O) groups excluding carboxylic acids is 1. The number of likely N-dealkylation sites (tertiary alicyclic amines) is 1. The van der Waals surface area contributed by atoms with E-state index >= 15 is 0 Å².